The molecule has 0 bridgehead atoms. The van der Waals surface area contributed by atoms with Crippen molar-refractivity contribution in [3.05, 3.63) is 216 Å². The van der Waals surface area contributed by atoms with Crippen LogP contribution in [0, 0.1) is 23.0 Å². The first-order valence-electron chi connectivity index (χ1n) is 25.1. The van der Waals surface area contributed by atoms with E-state index in [0.717, 1.165) is 73.1 Å². The SMILES string of the molecule is CC(C)c1ccc(N(c2ccc(F)cc2)c2ccc3cc4c5cc(C6=CCC(C(C)(C)C)C=C6)cc6c7cc8ccc(N(c9ccc(F)cc9)c9ccc(C(C)C)cc9)cc8cc7n(c4cc3c2)c56)cc1. The Morgan fingerprint density at radius 1 is 0.465 bits per heavy atom. The van der Waals surface area contributed by atoms with Crippen LogP contribution in [0.25, 0.3) is 65.2 Å². The second-order valence-electron chi connectivity index (χ2n) is 21.4. The molecule has 2 heterocycles. The van der Waals surface area contributed by atoms with Crippen molar-refractivity contribution in [3.63, 3.8) is 0 Å². The highest BCUT2D eigenvalue weighted by atomic mass is 19.1. The summed E-state index contributed by atoms with van der Waals surface area (Å²) in [6.45, 7) is 15.8. The molecule has 5 heteroatoms. The summed E-state index contributed by atoms with van der Waals surface area (Å²) in [4.78, 5) is 4.43. The zero-order valence-corrected chi connectivity index (χ0v) is 41.4. The molecule has 0 spiro atoms. The number of allylic oxidation sites excluding steroid dienone is 4. The number of anilines is 6. The predicted molar refractivity (Wildman–Crippen MR) is 298 cm³/mol. The fourth-order valence-corrected chi connectivity index (χ4v) is 11.0. The lowest BCUT2D eigenvalue weighted by Crippen LogP contribution is -2.19. The number of rotatable bonds is 9. The smallest absolute Gasteiger partial charge is 0.123 e. The van der Waals surface area contributed by atoms with Gasteiger partial charge in [0.15, 0.2) is 0 Å². The Balaban J connectivity index is 1.08. The molecule has 2 aromatic heterocycles. The monoisotopic (exact) mass is 929 g/mol. The van der Waals surface area contributed by atoms with Crippen molar-refractivity contribution < 1.29 is 8.78 Å². The third-order valence-electron chi connectivity index (χ3n) is 15.1. The molecule has 0 saturated heterocycles. The molecule has 0 amide bonds. The third kappa shape index (κ3) is 7.79. The summed E-state index contributed by atoms with van der Waals surface area (Å²) < 4.78 is 31.3. The molecule has 3 nitrogen and oxygen atoms in total. The third-order valence-corrected chi connectivity index (χ3v) is 15.1. The number of fused-ring (bicyclic) bond motifs is 8. The van der Waals surface area contributed by atoms with Gasteiger partial charge in [0.2, 0.25) is 0 Å². The largest absolute Gasteiger partial charge is 0.310 e. The summed E-state index contributed by atoms with van der Waals surface area (Å²) in [7, 11) is 0. The van der Waals surface area contributed by atoms with Gasteiger partial charge >= 0.3 is 0 Å². The van der Waals surface area contributed by atoms with Crippen LogP contribution in [0.3, 0.4) is 0 Å². The molecular weight excluding hydrogens is 873 g/mol. The van der Waals surface area contributed by atoms with E-state index in [-0.39, 0.29) is 17.0 Å². The molecule has 350 valence electrons. The second-order valence-corrected chi connectivity index (χ2v) is 21.4. The van der Waals surface area contributed by atoms with Gasteiger partial charge in [-0.1, -0.05) is 103 Å². The van der Waals surface area contributed by atoms with Crippen LogP contribution in [0.1, 0.15) is 83.4 Å². The number of hydrogen-bond donors (Lipinski definition) is 0. The molecule has 11 aromatic rings. The summed E-state index contributed by atoms with van der Waals surface area (Å²) in [5.74, 6) is 0.769. The van der Waals surface area contributed by atoms with E-state index in [1.165, 1.54) is 73.6 Å². The van der Waals surface area contributed by atoms with Crippen LogP contribution in [-0.2, 0) is 0 Å². The Morgan fingerprint density at radius 2 is 0.873 bits per heavy atom. The first kappa shape index (κ1) is 44.4. The van der Waals surface area contributed by atoms with Crippen molar-refractivity contribution in [2.45, 2.75) is 66.7 Å². The highest BCUT2D eigenvalue weighted by Gasteiger charge is 2.26. The van der Waals surface area contributed by atoms with Crippen LogP contribution in [0.4, 0.5) is 42.9 Å². The number of nitrogens with zero attached hydrogens (tertiary/aromatic N) is 3. The maximum atomic E-state index is 14.4. The van der Waals surface area contributed by atoms with Crippen molar-refractivity contribution in [1.29, 1.82) is 0 Å². The molecule has 0 radical (unpaired) electrons. The molecule has 9 aromatic carbocycles. The Bertz CT molecular complexity index is 3660. The molecular formula is C66H57F2N3. The molecule has 0 fully saturated rings. The molecule has 1 aliphatic carbocycles. The number of hydrogen-bond acceptors (Lipinski definition) is 2. The van der Waals surface area contributed by atoms with Crippen molar-refractivity contribution in [2.24, 2.45) is 11.3 Å². The zero-order chi connectivity index (χ0) is 48.9. The van der Waals surface area contributed by atoms with Gasteiger partial charge in [-0.2, -0.15) is 0 Å². The highest BCUT2D eigenvalue weighted by Crippen LogP contribution is 2.46. The topological polar surface area (TPSA) is 10.9 Å². The Kier molecular flexibility index (Phi) is 10.6. The van der Waals surface area contributed by atoms with Crippen LogP contribution >= 0.6 is 0 Å². The van der Waals surface area contributed by atoms with Crippen LogP contribution < -0.4 is 9.80 Å². The van der Waals surface area contributed by atoms with Crippen LogP contribution in [0.15, 0.2) is 188 Å². The minimum Gasteiger partial charge on any atom is -0.310 e. The van der Waals surface area contributed by atoms with Gasteiger partial charge in [0.1, 0.15) is 11.6 Å². The summed E-state index contributed by atoms with van der Waals surface area (Å²) in [5, 5.41) is 9.42. The fourth-order valence-electron chi connectivity index (χ4n) is 11.0. The summed E-state index contributed by atoms with van der Waals surface area (Å²) in [5.41, 5.74) is 14.5. The lowest BCUT2D eigenvalue weighted by Gasteiger charge is -2.29. The van der Waals surface area contributed by atoms with Gasteiger partial charge in [-0.3, -0.25) is 0 Å². The van der Waals surface area contributed by atoms with E-state index in [1.54, 1.807) is 0 Å². The maximum Gasteiger partial charge on any atom is 0.123 e. The average Bonchev–Trinajstić information content (AvgIpc) is 3.86. The van der Waals surface area contributed by atoms with Crippen LogP contribution in [0.5, 0.6) is 0 Å². The number of halogens is 2. The van der Waals surface area contributed by atoms with Gasteiger partial charge in [-0.25, -0.2) is 8.78 Å². The van der Waals surface area contributed by atoms with E-state index >= 15 is 0 Å². The fraction of sp³-hybridized carbons (Fsp3) is 0.182. The van der Waals surface area contributed by atoms with E-state index < -0.39 is 0 Å². The van der Waals surface area contributed by atoms with Crippen molar-refractivity contribution in [1.82, 2.24) is 4.40 Å². The van der Waals surface area contributed by atoms with Gasteiger partial charge in [0.25, 0.3) is 0 Å². The van der Waals surface area contributed by atoms with Crippen molar-refractivity contribution in [2.75, 3.05) is 9.80 Å². The molecule has 71 heavy (non-hydrogen) atoms. The normalized spacial score (nSPS) is 14.4. The molecule has 1 unspecified atom stereocenters. The minimum absolute atomic E-state index is 0.188. The standard InChI is InChI=1S/C66H57F2N3/c1-40(2)42-10-22-53(23-11-42)69(55-28-18-51(67)19-29-55)57-26-14-45-34-59-61-36-49(44-8-16-50(17-9-44)66(5,6)7)37-62-60-35-46-15-27-58(33-48(46)39-64(60)71(65(61)62)63(59)38-47(45)32-57)70(56-30-20-52(68)21-31-56)54-24-12-43(13-25-54)41(3)4/h8-16,18-41,50H,17H2,1-7H3. The van der Waals surface area contributed by atoms with Gasteiger partial charge in [-0.15, -0.1) is 0 Å². The Morgan fingerprint density at radius 3 is 1.25 bits per heavy atom. The first-order valence-corrected chi connectivity index (χ1v) is 25.1. The van der Waals surface area contributed by atoms with Gasteiger partial charge in [0.05, 0.1) is 16.6 Å². The molecule has 0 saturated carbocycles. The van der Waals surface area contributed by atoms with Crippen molar-refractivity contribution in [3.8, 4) is 0 Å². The summed E-state index contributed by atoms with van der Waals surface area (Å²) in [6.07, 6.45) is 8.20. The Labute approximate surface area is 414 Å². The van der Waals surface area contributed by atoms with Gasteiger partial charge in [-0.05, 0) is 207 Å². The maximum absolute atomic E-state index is 14.4. The first-order chi connectivity index (χ1) is 34.2. The lowest BCUT2D eigenvalue weighted by atomic mass is 9.76. The number of aromatic nitrogens is 1. The average molecular weight is 930 g/mol. The van der Waals surface area contributed by atoms with Crippen LogP contribution in [-0.4, -0.2) is 4.40 Å². The Hall–Kier alpha value is -7.76. The van der Waals surface area contributed by atoms with Crippen molar-refractivity contribution >= 4 is 99.3 Å². The molecule has 0 N–H and O–H groups in total. The van der Waals surface area contributed by atoms with E-state index in [0.29, 0.717) is 17.8 Å². The van der Waals surface area contributed by atoms with E-state index in [1.807, 2.05) is 24.3 Å². The van der Waals surface area contributed by atoms with Gasteiger partial charge < -0.3 is 14.2 Å². The summed E-state index contributed by atoms with van der Waals surface area (Å²) in [6, 6.07) is 58.7. The lowest BCUT2D eigenvalue weighted by molar-refractivity contribution is 0.294. The molecule has 1 aliphatic rings. The van der Waals surface area contributed by atoms with Gasteiger partial charge in [0, 0.05) is 55.7 Å². The zero-order valence-electron chi connectivity index (χ0n) is 41.4. The van der Waals surface area contributed by atoms with E-state index in [4.69, 9.17) is 0 Å². The minimum atomic E-state index is -0.263. The molecule has 12 rings (SSSR count). The highest BCUT2D eigenvalue weighted by molar-refractivity contribution is 6.27. The number of benzene rings is 9. The predicted octanol–water partition coefficient (Wildman–Crippen LogP) is 19.6. The second kappa shape index (κ2) is 17.0. The summed E-state index contributed by atoms with van der Waals surface area (Å²) >= 11 is 0. The van der Waals surface area contributed by atoms with E-state index in [2.05, 4.69) is 202 Å². The molecule has 1 atom stereocenters. The molecule has 0 aliphatic heterocycles. The van der Waals surface area contributed by atoms with E-state index in [9.17, 15) is 8.78 Å². The quantitative estimate of drug-likeness (QED) is 0.143. The van der Waals surface area contributed by atoms with Crippen LogP contribution in [0.2, 0.25) is 0 Å².